The summed E-state index contributed by atoms with van der Waals surface area (Å²) in [6.45, 7) is 3.44. The van der Waals surface area contributed by atoms with E-state index in [-0.39, 0.29) is 29.1 Å². The van der Waals surface area contributed by atoms with Crippen molar-refractivity contribution in [3.05, 3.63) is 0 Å². The molecule has 0 aromatic carbocycles. The SMILES string of the molecule is CCC1CC2C(=O)N(CC3(CCN)CC3)C(=O)C2C1. The van der Waals surface area contributed by atoms with E-state index in [1.807, 2.05) is 0 Å². The summed E-state index contributed by atoms with van der Waals surface area (Å²) in [5, 5.41) is 0. The van der Waals surface area contributed by atoms with Crippen LogP contribution in [0.2, 0.25) is 0 Å². The number of fused-ring (bicyclic) bond motifs is 1. The number of hydrogen-bond donors (Lipinski definition) is 1. The molecule has 4 heteroatoms. The Hall–Kier alpha value is -0.900. The molecule has 2 aliphatic carbocycles. The molecule has 106 valence electrons. The number of carbonyl (C=O) groups is 2. The predicted octanol–water partition coefficient (Wildman–Crippen LogP) is 1.54. The minimum atomic E-state index is -0.00822. The van der Waals surface area contributed by atoms with Crippen LogP contribution in [0.5, 0.6) is 0 Å². The van der Waals surface area contributed by atoms with Crippen LogP contribution >= 0.6 is 0 Å². The molecule has 3 fully saturated rings. The minimum Gasteiger partial charge on any atom is -0.330 e. The lowest BCUT2D eigenvalue weighted by molar-refractivity contribution is -0.141. The number of nitrogens with zero attached hydrogens (tertiary/aromatic N) is 1. The summed E-state index contributed by atoms with van der Waals surface area (Å²) in [5.74, 6) is 0.768. The quantitative estimate of drug-likeness (QED) is 0.766. The Kier molecular flexibility index (Phi) is 3.16. The van der Waals surface area contributed by atoms with Crippen LogP contribution in [0.1, 0.15) is 45.4 Å². The summed E-state index contributed by atoms with van der Waals surface area (Å²) >= 11 is 0. The Labute approximate surface area is 114 Å². The molecule has 0 aromatic heterocycles. The molecule has 1 aliphatic heterocycles. The van der Waals surface area contributed by atoms with Crippen molar-refractivity contribution in [3.63, 3.8) is 0 Å². The number of likely N-dealkylation sites (tertiary alicyclic amines) is 1. The zero-order valence-corrected chi connectivity index (χ0v) is 11.7. The number of carbonyl (C=O) groups excluding carboxylic acids is 2. The molecule has 1 heterocycles. The van der Waals surface area contributed by atoms with Crippen LogP contribution in [-0.2, 0) is 9.59 Å². The van der Waals surface area contributed by atoms with Gasteiger partial charge in [0, 0.05) is 6.54 Å². The molecule has 0 aromatic rings. The van der Waals surface area contributed by atoms with Crippen molar-refractivity contribution < 1.29 is 9.59 Å². The zero-order valence-electron chi connectivity index (χ0n) is 11.7. The first-order valence-corrected chi connectivity index (χ1v) is 7.65. The zero-order chi connectivity index (χ0) is 13.6. The molecule has 0 spiro atoms. The lowest BCUT2D eigenvalue weighted by Gasteiger charge is -2.23. The highest BCUT2D eigenvalue weighted by Gasteiger charge is 2.55. The molecule has 0 radical (unpaired) electrons. The van der Waals surface area contributed by atoms with E-state index in [4.69, 9.17) is 5.73 Å². The van der Waals surface area contributed by atoms with Gasteiger partial charge in [0.05, 0.1) is 11.8 Å². The molecule has 2 N–H and O–H groups in total. The lowest BCUT2D eigenvalue weighted by Crippen LogP contribution is -2.37. The van der Waals surface area contributed by atoms with E-state index in [0.717, 1.165) is 38.5 Å². The predicted molar refractivity (Wildman–Crippen MR) is 72.1 cm³/mol. The van der Waals surface area contributed by atoms with Gasteiger partial charge >= 0.3 is 0 Å². The van der Waals surface area contributed by atoms with Crippen molar-refractivity contribution in [2.75, 3.05) is 13.1 Å². The van der Waals surface area contributed by atoms with Crippen molar-refractivity contribution in [2.45, 2.75) is 45.4 Å². The number of amides is 2. The second-order valence-corrected chi connectivity index (χ2v) is 6.76. The summed E-state index contributed by atoms with van der Waals surface area (Å²) in [7, 11) is 0. The first kappa shape index (κ1) is 13.1. The third-order valence-electron chi connectivity index (χ3n) is 5.53. The average molecular weight is 264 g/mol. The standard InChI is InChI=1S/C15H24N2O2/c1-2-10-7-11-12(8-10)14(19)17(13(11)18)9-15(3-4-15)5-6-16/h10-12H,2-9,16H2,1H3. The van der Waals surface area contributed by atoms with E-state index in [1.54, 1.807) is 4.90 Å². The van der Waals surface area contributed by atoms with Crippen molar-refractivity contribution in [1.82, 2.24) is 4.90 Å². The van der Waals surface area contributed by atoms with Crippen molar-refractivity contribution in [2.24, 2.45) is 28.9 Å². The van der Waals surface area contributed by atoms with Crippen LogP contribution in [0, 0.1) is 23.2 Å². The van der Waals surface area contributed by atoms with Gasteiger partial charge in [0.1, 0.15) is 0 Å². The van der Waals surface area contributed by atoms with E-state index in [0.29, 0.717) is 19.0 Å². The molecular formula is C15H24N2O2. The van der Waals surface area contributed by atoms with Crippen LogP contribution in [0.3, 0.4) is 0 Å². The second-order valence-electron chi connectivity index (χ2n) is 6.76. The van der Waals surface area contributed by atoms with Gasteiger partial charge in [0.2, 0.25) is 11.8 Å². The van der Waals surface area contributed by atoms with Crippen LogP contribution in [-0.4, -0.2) is 29.8 Å². The highest BCUT2D eigenvalue weighted by Crippen LogP contribution is 2.51. The molecule has 3 rings (SSSR count). The smallest absolute Gasteiger partial charge is 0.233 e. The van der Waals surface area contributed by atoms with E-state index < -0.39 is 0 Å². The van der Waals surface area contributed by atoms with Gasteiger partial charge in [-0.3, -0.25) is 14.5 Å². The Balaban J connectivity index is 1.69. The van der Waals surface area contributed by atoms with Gasteiger partial charge in [-0.2, -0.15) is 0 Å². The van der Waals surface area contributed by atoms with E-state index in [2.05, 4.69) is 6.92 Å². The van der Waals surface area contributed by atoms with Crippen LogP contribution in [0.4, 0.5) is 0 Å². The molecule has 19 heavy (non-hydrogen) atoms. The molecule has 4 nitrogen and oxygen atoms in total. The van der Waals surface area contributed by atoms with Gasteiger partial charge < -0.3 is 5.73 Å². The van der Waals surface area contributed by atoms with Crippen LogP contribution in [0.25, 0.3) is 0 Å². The van der Waals surface area contributed by atoms with E-state index >= 15 is 0 Å². The van der Waals surface area contributed by atoms with Gasteiger partial charge in [-0.05, 0) is 50.0 Å². The maximum absolute atomic E-state index is 12.4. The summed E-state index contributed by atoms with van der Waals surface area (Å²) < 4.78 is 0. The number of rotatable bonds is 5. The van der Waals surface area contributed by atoms with Gasteiger partial charge in [-0.25, -0.2) is 0 Å². The summed E-state index contributed by atoms with van der Waals surface area (Å²) in [6, 6.07) is 0. The maximum atomic E-state index is 12.4. The van der Waals surface area contributed by atoms with Gasteiger partial charge in [0.25, 0.3) is 0 Å². The van der Waals surface area contributed by atoms with Gasteiger partial charge in [-0.15, -0.1) is 0 Å². The van der Waals surface area contributed by atoms with Gasteiger partial charge in [-0.1, -0.05) is 13.3 Å². The molecule has 3 aliphatic rings. The lowest BCUT2D eigenvalue weighted by atomic mass is 10.00. The summed E-state index contributed by atoms with van der Waals surface area (Å²) in [6.07, 6.45) is 6.11. The van der Waals surface area contributed by atoms with Crippen molar-refractivity contribution in [1.29, 1.82) is 0 Å². The fraction of sp³-hybridized carbons (Fsp3) is 0.867. The first-order valence-electron chi connectivity index (χ1n) is 7.65. The molecule has 2 saturated carbocycles. The molecule has 2 amide bonds. The third kappa shape index (κ3) is 2.10. The highest BCUT2D eigenvalue weighted by atomic mass is 16.2. The van der Waals surface area contributed by atoms with Crippen LogP contribution < -0.4 is 5.73 Å². The molecule has 2 unspecified atom stereocenters. The largest absolute Gasteiger partial charge is 0.330 e. The molecular weight excluding hydrogens is 240 g/mol. The Morgan fingerprint density at radius 3 is 2.21 bits per heavy atom. The van der Waals surface area contributed by atoms with Crippen LogP contribution in [0.15, 0.2) is 0 Å². The Morgan fingerprint density at radius 1 is 1.21 bits per heavy atom. The van der Waals surface area contributed by atoms with Gasteiger partial charge in [0.15, 0.2) is 0 Å². The maximum Gasteiger partial charge on any atom is 0.233 e. The third-order valence-corrected chi connectivity index (χ3v) is 5.53. The molecule has 0 bridgehead atoms. The van der Waals surface area contributed by atoms with Crippen molar-refractivity contribution in [3.8, 4) is 0 Å². The Bertz CT molecular complexity index is 379. The Morgan fingerprint density at radius 2 is 1.79 bits per heavy atom. The summed E-state index contributed by atoms with van der Waals surface area (Å²) in [5.41, 5.74) is 5.81. The molecule has 1 saturated heterocycles. The summed E-state index contributed by atoms with van der Waals surface area (Å²) in [4.78, 5) is 26.5. The van der Waals surface area contributed by atoms with E-state index in [9.17, 15) is 9.59 Å². The number of nitrogens with two attached hydrogens (primary N) is 1. The number of imide groups is 1. The van der Waals surface area contributed by atoms with E-state index in [1.165, 1.54) is 0 Å². The minimum absolute atomic E-state index is 0.00822. The highest BCUT2D eigenvalue weighted by molar-refractivity contribution is 6.05. The number of hydrogen-bond acceptors (Lipinski definition) is 3. The monoisotopic (exact) mass is 264 g/mol. The molecule has 2 atom stereocenters. The first-order chi connectivity index (χ1) is 9.10. The van der Waals surface area contributed by atoms with Crippen molar-refractivity contribution >= 4 is 11.8 Å². The second kappa shape index (κ2) is 4.58. The topological polar surface area (TPSA) is 63.4 Å². The fourth-order valence-corrected chi connectivity index (χ4v) is 3.99. The fourth-order valence-electron chi connectivity index (χ4n) is 3.99. The average Bonchev–Trinajstić information content (AvgIpc) is 2.96. The normalized spacial score (nSPS) is 35.9.